The Hall–Kier alpha value is -2.37. The average Bonchev–Trinajstić information content (AvgIpc) is 2.93. The Morgan fingerprint density at radius 2 is 2.00 bits per heavy atom. The summed E-state index contributed by atoms with van der Waals surface area (Å²) in [4.78, 5) is 23.2. The van der Waals surface area contributed by atoms with Crippen molar-refractivity contribution < 1.29 is 19.4 Å². The van der Waals surface area contributed by atoms with Crippen LogP contribution in [0.3, 0.4) is 0 Å². The van der Waals surface area contributed by atoms with Gasteiger partial charge in [0.1, 0.15) is 5.71 Å². The molecule has 0 aliphatic carbocycles. The number of carboxylic acids is 1. The van der Waals surface area contributed by atoms with Gasteiger partial charge in [-0.1, -0.05) is 26.0 Å². The van der Waals surface area contributed by atoms with Gasteiger partial charge in [-0.15, -0.1) is 0 Å². The van der Waals surface area contributed by atoms with Crippen LogP contribution < -0.4 is 5.01 Å². The Labute approximate surface area is 129 Å². The van der Waals surface area contributed by atoms with Crippen molar-refractivity contribution in [1.82, 2.24) is 0 Å². The molecule has 1 aromatic rings. The number of esters is 1. The molecule has 1 atom stereocenters. The molecule has 0 amide bonds. The molecule has 6 heteroatoms. The van der Waals surface area contributed by atoms with Crippen LogP contribution in [-0.4, -0.2) is 35.4 Å². The maximum absolute atomic E-state index is 11.8. The van der Waals surface area contributed by atoms with Gasteiger partial charge in [-0.3, -0.25) is 5.01 Å². The van der Waals surface area contributed by atoms with E-state index in [1.54, 1.807) is 6.92 Å². The van der Waals surface area contributed by atoms with Crippen molar-refractivity contribution in [1.29, 1.82) is 0 Å². The van der Waals surface area contributed by atoms with E-state index in [2.05, 4.69) is 18.9 Å². The van der Waals surface area contributed by atoms with Crippen molar-refractivity contribution in [2.75, 3.05) is 11.6 Å². The van der Waals surface area contributed by atoms with Crippen LogP contribution in [0.5, 0.6) is 0 Å². The van der Waals surface area contributed by atoms with Gasteiger partial charge in [-0.25, -0.2) is 9.59 Å². The predicted molar refractivity (Wildman–Crippen MR) is 83.1 cm³/mol. The Kier molecular flexibility index (Phi) is 4.80. The molecule has 6 nitrogen and oxygen atoms in total. The van der Waals surface area contributed by atoms with Gasteiger partial charge in [0.15, 0.2) is 6.04 Å². The smallest absolute Gasteiger partial charge is 0.354 e. The summed E-state index contributed by atoms with van der Waals surface area (Å²) < 4.78 is 4.90. The van der Waals surface area contributed by atoms with E-state index in [1.807, 2.05) is 24.3 Å². The summed E-state index contributed by atoms with van der Waals surface area (Å²) in [7, 11) is 0. The van der Waals surface area contributed by atoms with Crippen LogP contribution in [-0.2, 0) is 14.3 Å². The molecular weight excluding hydrogens is 284 g/mol. The second kappa shape index (κ2) is 6.60. The number of carboxylic acid groups (broad SMARTS) is 1. The Bertz CT molecular complexity index is 593. The monoisotopic (exact) mass is 304 g/mol. The number of rotatable bonds is 5. The molecule has 0 saturated heterocycles. The molecule has 0 bridgehead atoms. The molecule has 0 saturated carbocycles. The van der Waals surface area contributed by atoms with Gasteiger partial charge in [0.25, 0.3) is 0 Å². The summed E-state index contributed by atoms with van der Waals surface area (Å²) in [6.07, 6.45) is 0.0418. The van der Waals surface area contributed by atoms with E-state index < -0.39 is 18.0 Å². The molecule has 118 valence electrons. The van der Waals surface area contributed by atoms with Crippen LogP contribution in [0.2, 0.25) is 0 Å². The van der Waals surface area contributed by atoms with Gasteiger partial charge in [-0.05, 0) is 30.5 Å². The number of ether oxygens (including phenoxy) is 1. The van der Waals surface area contributed by atoms with Gasteiger partial charge in [0, 0.05) is 6.42 Å². The number of benzene rings is 1. The third kappa shape index (κ3) is 3.27. The van der Waals surface area contributed by atoms with Crippen LogP contribution in [0.15, 0.2) is 29.4 Å². The molecule has 0 aromatic heterocycles. The highest BCUT2D eigenvalue weighted by atomic mass is 16.5. The van der Waals surface area contributed by atoms with Crippen LogP contribution >= 0.6 is 0 Å². The van der Waals surface area contributed by atoms with Crippen molar-refractivity contribution in [3.8, 4) is 0 Å². The Morgan fingerprint density at radius 3 is 2.50 bits per heavy atom. The molecule has 0 fully saturated rings. The summed E-state index contributed by atoms with van der Waals surface area (Å²) in [5, 5.41) is 14.9. The zero-order chi connectivity index (χ0) is 16.3. The zero-order valence-electron chi connectivity index (χ0n) is 12.9. The summed E-state index contributed by atoms with van der Waals surface area (Å²) >= 11 is 0. The standard InChI is InChI=1S/C16H20N2O4/c1-4-22-16(21)13-9-14(15(19)20)18(17-13)12-7-5-11(6-8-12)10(2)3/h5-8,10,14H,4,9H2,1-3H3,(H,19,20). The first kappa shape index (κ1) is 16.0. The van der Waals surface area contributed by atoms with Crippen molar-refractivity contribution >= 4 is 23.3 Å². The van der Waals surface area contributed by atoms with Gasteiger partial charge in [0.2, 0.25) is 0 Å². The number of carbonyl (C=O) groups excluding carboxylic acids is 1. The fourth-order valence-corrected chi connectivity index (χ4v) is 2.29. The molecule has 2 rings (SSSR count). The van der Waals surface area contributed by atoms with Crippen molar-refractivity contribution in [3.63, 3.8) is 0 Å². The second-order valence-corrected chi connectivity index (χ2v) is 5.42. The van der Waals surface area contributed by atoms with Gasteiger partial charge in [-0.2, -0.15) is 5.10 Å². The molecule has 1 N–H and O–H groups in total. The number of aliphatic carboxylic acids is 1. The fourth-order valence-electron chi connectivity index (χ4n) is 2.29. The number of hydrogen-bond donors (Lipinski definition) is 1. The van der Waals surface area contributed by atoms with E-state index in [0.29, 0.717) is 11.6 Å². The quantitative estimate of drug-likeness (QED) is 0.845. The highest BCUT2D eigenvalue weighted by Gasteiger charge is 2.36. The number of carbonyl (C=O) groups is 2. The molecule has 0 spiro atoms. The highest BCUT2D eigenvalue weighted by Crippen LogP contribution is 2.27. The molecule has 1 aromatic carbocycles. The fraction of sp³-hybridized carbons (Fsp3) is 0.438. The minimum Gasteiger partial charge on any atom is -0.480 e. The first-order valence-electron chi connectivity index (χ1n) is 7.30. The Balaban J connectivity index is 2.28. The second-order valence-electron chi connectivity index (χ2n) is 5.42. The lowest BCUT2D eigenvalue weighted by Crippen LogP contribution is -2.34. The van der Waals surface area contributed by atoms with Crippen molar-refractivity contribution in [2.45, 2.75) is 39.2 Å². The molecule has 22 heavy (non-hydrogen) atoms. The predicted octanol–water partition coefficient (Wildman–Crippen LogP) is 2.39. The number of hydrogen-bond acceptors (Lipinski definition) is 5. The van der Waals surface area contributed by atoms with Crippen molar-refractivity contribution in [2.24, 2.45) is 5.10 Å². The van der Waals surface area contributed by atoms with E-state index in [0.717, 1.165) is 5.56 Å². The number of nitrogens with zero attached hydrogens (tertiary/aromatic N) is 2. The minimum absolute atomic E-state index is 0.0418. The van der Waals surface area contributed by atoms with Gasteiger partial charge in [0.05, 0.1) is 12.3 Å². The van der Waals surface area contributed by atoms with E-state index in [4.69, 9.17) is 4.74 Å². The third-order valence-corrected chi connectivity index (χ3v) is 3.53. The molecule has 1 aliphatic rings. The SMILES string of the molecule is CCOC(=O)C1=NN(c2ccc(C(C)C)cc2)C(C(=O)O)C1. The average molecular weight is 304 g/mol. The molecular formula is C16H20N2O4. The maximum Gasteiger partial charge on any atom is 0.354 e. The molecule has 0 radical (unpaired) electrons. The van der Waals surface area contributed by atoms with E-state index in [9.17, 15) is 14.7 Å². The molecule has 1 unspecified atom stereocenters. The summed E-state index contributed by atoms with van der Waals surface area (Å²) in [5.41, 5.74) is 1.95. The number of anilines is 1. The maximum atomic E-state index is 11.8. The van der Waals surface area contributed by atoms with Crippen LogP contribution in [0.4, 0.5) is 5.69 Å². The van der Waals surface area contributed by atoms with Gasteiger partial charge < -0.3 is 9.84 Å². The lowest BCUT2D eigenvalue weighted by atomic mass is 10.0. The van der Waals surface area contributed by atoms with Crippen LogP contribution in [0.25, 0.3) is 0 Å². The van der Waals surface area contributed by atoms with Crippen LogP contribution in [0.1, 0.15) is 38.7 Å². The summed E-state index contributed by atoms with van der Waals surface area (Å²) in [5.74, 6) is -1.19. The first-order chi connectivity index (χ1) is 10.4. The zero-order valence-corrected chi connectivity index (χ0v) is 12.9. The van der Waals surface area contributed by atoms with E-state index >= 15 is 0 Å². The topological polar surface area (TPSA) is 79.2 Å². The molecule has 1 aliphatic heterocycles. The lowest BCUT2D eigenvalue weighted by molar-refractivity contribution is -0.138. The lowest BCUT2D eigenvalue weighted by Gasteiger charge is -2.20. The Morgan fingerprint density at radius 1 is 1.36 bits per heavy atom. The minimum atomic E-state index is -1.02. The summed E-state index contributed by atoms with van der Waals surface area (Å²) in [6.45, 7) is 6.10. The third-order valence-electron chi connectivity index (χ3n) is 3.53. The highest BCUT2D eigenvalue weighted by molar-refractivity contribution is 6.38. The first-order valence-corrected chi connectivity index (χ1v) is 7.30. The largest absolute Gasteiger partial charge is 0.480 e. The summed E-state index contributed by atoms with van der Waals surface area (Å²) in [6, 6.07) is 6.64. The van der Waals surface area contributed by atoms with Crippen LogP contribution in [0, 0.1) is 0 Å². The van der Waals surface area contributed by atoms with Crippen molar-refractivity contribution in [3.05, 3.63) is 29.8 Å². The van der Waals surface area contributed by atoms with E-state index in [1.165, 1.54) is 5.01 Å². The normalized spacial score (nSPS) is 17.5. The number of hydrazone groups is 1. The van der Waals surface area contributed by atoms with Gasteiger partial charge >= 0.3 is 11.9 Å². The van der Waals surface area contributed by atoms with E-state index in [-0.39, 0.29) is 18.7 Å². The molecule has 1 heterocycles.